The van der Waals surface area contributed by atoms with Crippen molar-refractivity contribution >= 4 is 23.4 Å². The molecule has 1 amide bonds. The van der Waals surface area contributed by atoms with Gasteiger partial charge in [0.25, 0.3) is 11.6 Å². The lowest BCUT2D eigenvalue weighted by atomic mass is 10.1. The van der Waals surface area contributed by atoms with Crippen molar-refractivity contribution in [1.82, 2.24) is 0 Å². The number of non-ortho nitro benzene ring substituents is 1. The van der Waals surface area contributed by atoms with Crippen LogP contribution in [0.1, 0.15) is 18.1 Å². The molecular weight excluding hydrogens is 306 g/mol. The lowest BCUT2D eigenvalue weighted by Gasteiger charge is -2.05. The van der Waals surface area contributed by atoms with Crippen LogP contribution < -0.4 is 5.32 Å². The Hall–Kier alpha value is -3.46. The molecule has 0 atom stereocenters. The number of carbonyl (C=O) groups is 1. The van der Waals surface area contributed by atoms with Crippen molar-refractivity contribution < 1.29 is 9.72 Å². The first-order chi connectivity index (χ1) is 11.5. The minimum absolute atomic E-state index is 0.100. The lowest BCUT2D eigenvalue weighted by Crippen LogP contribution is -2.13. The molecule has 0 aromatic heterocycles. The number of hydrogen-bond donors (Lipinski definition) is 1. The van der Waals surface area contributed by atoms with Crippen LogP contribution in [0.15, 0.2) is 54.1 Å². The van der Waals surface area contributed by atoms with E-state index in [4.69, 9.17) is 0 Å². The normalized spacial score (nSPS) is 10.8. The van der Waals surface area contributed by atoms with Gasteiger partial charge in [-0.25, -0.2) is 0 Å². The summed E-state index contributed by atoms with van der Waals surface area (Å²) in [5.74, 6) is -0.562. The van der Waals surface area contributed by atoms with Crippen molar-refractivity contribution in [2.75, 3.05) is 5.32 Å². The fraction of sp³-hybridized carbons (Fsp3) is 0.111. The van der Waals surface area contributed by atoms with E-state index in [-0.39, 0.29) is 11.3 Å². The summed E-state index contributed by atoms with van der Waals surface area (Å²) in [6, 6.07) is 14.9. The number of hydrogen-bond acceptors (Lipinski definition) is 4. The molecule has 0 aliphatic rings. The number of amides is 1. The molecule has 1 N–H and O–H groups in total. The first-order valence-corrected chi connectivity index (χ1v) is 7.30. The summed E-state index contributed by atoms with van der Waals surface area (Å²) in [6.07, 6.45) is 2.22. The molecule has 2 rings (SSSR count). The van der Waals surface area contributed by atoms with Crippen molar-refractivity contribution in [2.45, 2.75) is 13.3 Å². The van der Waals surface area contributed by atoms with E-state index in [0.717, 1.165) is 12.0 Å². The van der Waals surface area contributed by atoms with Gasteiger partial charge in [0, 0.05) is 17.8 Å². The molecule has 120 valence electrons. The molecule has 0 saturated carbocycles. The highest BCUT2D eigenvalue weighted by Gasteiger charge is 2.11. The summed E-state index contributed by atoms with van der Waals surface area (Å²) in [4.78, 5) is 22.4. The largest absolute Gasteiger partial charge is 0.321 e. The molecule has 6 heteroatoms. The molecule has 0 aliphatic carbocycles. The van der Waals surface area contributed by atoms with Crippen molar-refractivity contribution in [3.8, 4) is 6.07 Å². The zero-order valence-corrected chi connectivity index (χ0v) is 13.0. The summed E-state index contributed by atoms with van der Waals surface area (Å²) in [6.45, 7) is 2.03. The quantitative estimate of drug-likeness (QED) is 0.393. The molecule has 0 unspecified atom stereocenters. The van der Waals surface area contributed by atoms with Gasteiger partial charge in [0.2, 0.25) is 0 Å². The Balaban J connectivity index is 2.20. The Labute approximate surface area is 139 Å². The Morgan fingerprint density at radius 1 is 1.29 bits per heavy atom. The molecule has 2 aromatic rings. The van der Waals surface area contributed by atoms with Crippen LogP contribution in [0.2, 0.25) is 0 Å². The highest BCUT2D eigenvalue weighted by Crippen LogP contribution is 2.17. The Kier molecular flexibility index (Phi) is 5.42. The molecule has 0 radical (unpaired) electrons. The zero-order chi connectivity index (χ0) is 17.5. The molecule has 0 saturated heterocycles. The van der Waals surface area contributed by atoms with Crippen LogP contribution in [0.4, 0.5) is 11.4 Å². The van der Waals surface area contributed by atoms with Crippen LogP contribution in [-0.4, -0.2) is 10.8 Å². The van der Waals surface area contributed by atoms with Gasteiger partial charge < -0.3 is 5.32 Å². The van der Waals surface area contributed by atoms with E-state index in [1.165, 1.54) is 24.3 Å². The van der Waals surface area contributed by atoms with Gasteiger partial charge in [-0.3, -0.25) is 14.9 Å². The number of nitriles is 1. The van der Waals surface area contributed by atoms with Gasteiger partial charge in [0.05, 0.1) is 4.92 Å². The Morgan fingerprint density at radius 3 is 2.58 bits per heavy atom. The monoisotopic (exact) mass is 321 g/mol. The number of benzene rings is 2. The topological polar surface area (TPSA) is 96.0 Å². The van der Waals surface area contributed by atoms with E-state index in [1.807, 2.05) is 25.1 Å². The third-order valence-electron chi connectivity index (χ3n) is 3.38. The van der Waals surface area contributed by atoms with Crippen LogP contribution >= 0.6 is 0 Å². The van der Waals surface area contributed by atoms with Crippen LogP contribution in [0.5, 0.6) is 0 Å². The fourth-order valence-corrected chi connectivity index (χ4v) is 2.07. The van der Waals surface area contributed by atoms with E-state index >= 15 is 0 Å². The molecule has 2 aromatic carbocycles. The summed E-state index contributed by atoms with van der Waals surface area (Å²) < 4.78 is 0. The average Bonchev–Trinajstić information content (AvgIpc) is 2.60. The highest BCUT2D eigenvalue weighted by molar-refractivity contribution is 6.09. The Bertz CT molecular complexity index is 833. The number of nitro benzene ring substituents is 1. The predicted molar refractivity (Wildman–Crippen MR) is 91.1 cm³/mol. The zero-order valence-electron chi connectivity index (χ0n) is 13.0. The molecule has 24 heavy (non-hydrogen) atoms. The summed E-state index contributed by atoms with van der Waals surface area (Å²) in [5.41, 5.74) is 1.90. The van der Waals surface area contributed by atoms with Crippen LogP contribution in [-0.2, 0) is 11.2 Å². The molecular formula is C18H15N3O3. The molecule has 0 bridgehead atoms. The third kappa shape index (κ3) is 4.27. The van der Waals surface area contributed by atoms with Gasteiger partial charge >= 0.3 is 0 Å². The van der Waals surface area contributed by atoms with E-state index in [9.17, 15) is 20.2 Å². The van der Waals surface area contributed by atoms with E-state index in [2.05, 4.69) is 5.32 Å². The number of nitro groups is 1. The maximum absolute atomic E-state index is 12.2. The Morgan fingerprint density at radius 2 is 2.00 bits per heavy atom. The number of anilines is 1. The van der Waals surface area contributed by atoms with Crippen molar-refractivity contribution in [3.05, 3.63) is 75.3 Å². The smallest absolute Gasteiger partial charge is 0.270 e. The maximum atomic E-state index is 12.2. The van der Waals surface area contributed by atoms with Gasteiger partial charge in [-0.2, -0.15) is 5.26 Å². The van der Waals surface area contributed by atoms with Gasteiger partial charge in [-0.1, -0.05) is 31.2 Å². The molecule has 0 heterocycles. The minimum Gasteiger partial charge on any atom is -0.321 e. The van der Waals surface area contributed by atoms with Crippen molar-refractivity contribution in [3.63, 3.8) is 0 Å². The second-order valence-electron chi connectivity index (χ2n) is 5.03. The molecule has 0 aliphatic heterocycles. The predicted octanol–water partition coefficient (Wildman–Crippen LogP) is 3.70. The number of aryl methyl sites for hydroxylation is 1. The van der Waals surface area contributed by atoms with E-state index in [1.54, 1.807) is 18.2 Å². The average molecular weight is 321 g/mol. The molecule has 6 nitrogen and oxygen atoms in total. The number of nitrogens with zero attached hydrogens (tertiary/aromatic N) is 2. The summed E-state index contributed by atoms with van der Waals surface area (Å²) >= 11 is 0. The second-order valence-corrected chi connectivity index (χ2v) is 5.03. The number of nitrogens with one attached hydrogen (secondary N) is 1. The second kappa shape index (κ2) is 7.70. The summed E-state index contributed by atoms with van der Waals surface area (Å²) in [5, 5.41) is 22.6. The van der Waals surface area contributed by atoms with E-state index in [0.29, 0.717) is 11.3 Å². The standard InChI is InChI=1S/C18H15N3O3/c1-2-13-6-8-16(9-7-13)20-18(22)15(12-19)10-14-4-3-5-17(11-14)21(23)24/h3-11H,2H2,1H3,(H,20,22)/b15-10+. The van der Waals surface area contributed by atoms with Crippen molar-refractivity contribution in [1.29, 1.82) is 5.26 Å². The fourth-order valence-electron chi connectivity index (χ4n) is 2.07. The highest BCUT2D eigenvalue weighted by atomic mass is 16.6. The van der Waals surface area contributed by atoms with Crippen LogP contribution in [0, 0.1) is 21.4 Å². The number of rotatable bonds is 5. The first-order valence-electron chi connectivity index (χ1n) is 7.30. The van der Waals surface area contributed by atoms with Gasteiger partial charge in [0.1, 0.15) is 11.6 Å². The SMILES string of the molecule is CCc1ccc(NC(=O)/C(C#N)=C/c2cccc([N+](=O)[O-])c2)cc1. The van der Waals surface area contributed by atoms with E-state index < -0.39 is 10.8 Å². The van der Waals surface area contributed by atoms with Gasteiger partial charge in [-0.05, 0) is 35.8 Å². The number of carbonyl (C=O) groups excluding carboxylic acids is 1. The summed E-state index contributed by atoms with van der Waals surface area (Å²) in [7, 11) is 0. The van der Waals surface area contributed by atoms with Crippen LogP contribution in [0.25, 0.3) is 6.08 Å². The van der Waals surface area contributed by atoms with Crippen molar-refractivity contribution in [2.24, 2.45) is 0 Å². The minimum atomic E-state index is -0.562. The molecule has 0 fully saturated rings. The van der Waals surface area contributed by atoms with Gasteiger partial charge in [-0.15, -0.1) is 0 Å². The van der Waals surface area contributed by atoms with Gasteiger partial charge in [0.15, 0.2) is 0 Å². The third-order valence-corrected chi connectivity index (χ3v) is 3.38. The molecule has 0 spiro atoms. The first kappa shape index (κ1) is 16.9. The maximum Gasteiger partial charge on any atom is 0.270 e. The lowest BCUT2D eigenvalue weighted by molar-refractivity contribution is -0.384. The van der Waals surface area contributed by atoms with Crippen LogP contribution in [0.3, 0.4) is 0 Å².